The Morgan fingerprint density at radius 1 is 0.971 bits per heavy atom. The predicted octanol–water partition coefficient (Wildman–Crippen LogP) is 3.16. The van der Waals surface area contributed by atoms with Crippen LogP contribution in [-0.2, 0) is 25.5 Å². The molecule has 3 N–H and O–H groups in total. The lowest BCUT2D eigenvalue weighted by Gasteiger charge is -2.36. The van der Waals surface area contributed by atoms with Crippen molar-refractivity contribution in [2.45, 2.75) is 83.8 Å². The number of aliphatic hydroxyl groups is 1. The van der Waals surface area contributed by atoms with Crippen LogP contribution in [0.4, 0.5) is 4.79 Å². The maximum absolute atomic E-state index is 12.9. The third-order valence-electron chi connectivity index (χ3n) is 5.53. The Bertz CT molecular complexity index is 842. The van der Waals surface area contributed by atoms with Crippen molar-refractivity contribution in [3.63, 3.8) is 0 Å². The molecule has 0 saturated carbocycles. The van der Waals surface area contributed by atoms with Crippen molar-refractivity contribution in [2.75, 3.05) is 13.7 Å². The topological polar surface area (TPSA) is 123 Å². The minimum Gasteiger partial charge on any atom is -0.544 e. The highest BCUT2D eigenvalue weighted by Gasteiger charge is 2.39. The summed E-state index contributed by atoms with van der Waals surface area (Å²) in [5, 5.41) is 14.4. The maximum Gasteiger partial charge on any atom is 0.408 e. The SMILES string of the molecule is COC(=O)C(CO)NC(=O)C(Cc1ccc(O[Si](C)(C)C(C)(C)C)cc1)NC(=O)OC(C)(C)C. The van der Waals surface area contributed by atoms with Crippen molar-refractivity contribution >= 4 is 26.3 Å². The molecule has 0 bridgehead atoms. The molecule has 2 unspecified atom stereocenters. The Hall–Kier alpha value is -2.59. The summed E-state index contributed by atoms with van der Waals surface area (Å²) in [5.74, 6) is -0.710. The van der Waals surface area contributed by atoms with E-state index in [0.717, 1.165) is 18.4 Å². The van der Waals surface area contributed by atoms with Crippen LogP contribution in [0.25, 0.3) is 0 Å². The molecule has 0 aliphatic rings. The van der Waals surface area contributed by atoms with E-state index >= 15 is 0 Å². The van der Waals surface area contributed by atoms with Gasteiger partial charge in [-0.05, 0) is 56.6 Å². The van der Waals surface area contributed by atoms with Gasteiger partial charge in [0.15, 0.2) is 6.04 Å². The van der Waals surface area contributed by atoms with E-state index < -0.39 is 50.6 Å². The molecule has 34 heavy (non-hydrogen) atoms. The zero-order chi connectivity index (χ0) is 26.3. The fraction of sp³-hybridized carbons (Fsp3) is 0.625. The van der Waals surface area contributed by atoms with Gasteiger partial charge in [0.2, 0.25) is 14.2 Å². The van der Waals surface area contributed by atoms with E-state index in [0.29, 0.717) is 0 Å². The molecule has 2 amide bonds. The Kier molecular flexibility index (Phi) is 10.1. The largest absolute Gasteiger partial charge is 0.544 e. The quantitative estimate of drug-likeness (QED) is 0.354. The highest BCUT2D eigenvalue weighted by molar-refractivity contribution is 6.74. The van der Waals surface area contributed by atoms with Gasteiger partial charge >= 0.3 is 12.1 Å². The van der Waals surface area contributed by atoms with Crippen LogP contribution in [0.1, 0.15) is 47.1 Å². The van der Waals surface area contributed by atoms with Gasteiger partial charge in [-0.15, -0.1) is 0 Å². The number of alkyl carbamates (subject to hydrolysis) is 1. The molecule has 10 heteroatoms. The van der Waals surface area contributed by atoms with Crippen molar-refractivity contribution in [1.82, 2.24) is 10.6 Å². The first-order valence-electron chi connectivity index (χ1n) is 11.3. The molecular weight excluding hydrogens is 456 g/mol. The molecule has 0 radical (unpaired) electrons. The summed E-state index contributed by atoms with van der Waals surface area (Å²) in [5.41, 5.74) is 0.00503. The molecule has 0 fully saturated rings. The molecule has 9 nitrogen and oxygen atoms in total. The summed E-state index contributed by atoms with van der Waals surface area (Å²) < 4.78 is 16.2. The number of ether oxygens (including phenoxy) is 2. The number of nitrogens with one attached hydrogen (secondary N) is 2. The predicted molar refractivity (Wildman–Crippen MR) is 132 cm³/mol. The first kappa shape index (κ1) is 29.4. The zero-order valence-corrected chi connectivity index (χ0v) is 22.8. The van der Waals surface area contributed by atoms with Gasteiger partial charge in [0.25, 0.3) is 0 Å². The number of amides is 2. The summed E-state index contributed by atoms with van der Waals surface area (Å²) in [6, 6.07) is 5.01. The highest BCUT2D eigenvalue weighted by Crippen LogP contribution is 2.37. The molecule has 0 aliphatic heterocycles. The number of rotatable bonds is 9. The summed E-state index contributed by atoms with van der Waals surface area (Å²) in [6.07, 6.45) is -0.644. The third-order valence-corrected chi connectivity index (χ3v) is 9.89. The van der Waals surface area contributed by atoms with Gasteiger partial charge in [0, 0.05) is 6.42 Å². The van der Waals surface area contributed by atoms with Crippen molar-refractivity contribution in [3.8, 4) is 5.75 Å². The lowest BCUT2D eigenvalue weighted by atomic mass is 10.0. The van der Waals surface area contributed by atoms with E-state index in [9.17, 15) is 19.5 Å². The molecule has 2 atom stereocenters. The molecule has 1 rings (SSSR count). The van der Waals surface area contributed by atoms with Gasteiger partial charge in [-0.25, -0.2) is 9.59 Å². The third kappa shape index (κ3) is 9.34. The Balaban J connectivity index is 3.05. The van der Waals surface area contributed by atoms with E-state index in [2.05, 4.69) is 49.2 Å². The minimum atomic E-state index is -2.00. The summed E-state index contributed by atoms with van der Waals surface area (Å²) >= 11 is 0. The van der Waals surface area contributed by atoms with Crippen molar-refractivity contribution in [2.24, 2.45) is 0 Å². The molecule has 1 aromatic carbocycles. The van der Waals surface area contributed by atoms with Crippen LogP contribution < -0.4 is 15.1 Å². The van der Waals surface area contributed by atoms with Crippen LogP contribution in [0.3, 0.4) is 0 Å². The van der Waals surface area contributed by atoms with E-state index in [4.69, 9.17) is 9.16 Å². The van der Waals surface area contributed by atoms with Crippen LogP contribution in [0.15, 0.2) is 24.3 Å². The van der Waals surface area contributed by atoms with E-state index in [1.807, 2.05) is 24.3 Å². The number of methoxy groups -OCH3 is 1. The number of aliphatic hydroxyl groups excluding tert-OH is 1. The fourth-order valence-electron chi connectivity index (χ4n) is 2.63. The Morgan fingerprint density at radius 2 is 1.53 bits per heavy atom. The molecular formula is C24H40N2O7Si. The number of carbonyl (C=O) groups excluding carboxylic acids is 3. The van der Waals surface area contributed by atoms with E-state index in [-0.39, 0.29) is 11.5 Å². The lowest BCUT2D eigenvalue weighted by Crippen LogP contribution is -2.54. The molecule has 1 aromatic rings. The zero-order valence-electron chi connectivity index (χ0n) is 21.8. The lowest BCUT2D eigenvalue weighted by molar-refractivity contribution is -0.146. The number of carbonyl (C=O) groups is 3. The molecule has 0 spiro atoms. The molecule has 0 aliphatic carbocycles. The van der Waals surface area contributed by atoms with Crippen LogP contribution >= 0.6 is 0 Å². The Morgan fingerprint density at radius 3 is 1.97 bits per heavy atom. The van der Waals surface area contributed by atoms with Gasteiger partial charge < -0.3 is 29.6 Å². The van der Waals surface area contributed by atoms with Crippen molar-refractivity contribution in [1.29, 1.82) is 0 Å². The van der Waals surface area contributed by atoms with Crippen molar-refractivity contribution < 1.29 is 33.4 Å². The average molecular weight is 497 g/mol. The number of hydrogen-bond donors (Lipinski definition) is 3. The number of benzene rings is 1. The van der Waals surface area contributed by atoms with Crippen LogP contribution in [-0.4, -0.2) is 62.8 Å². The monoisotopic (exact) mass is 496 g/mol. The van der Waals surface area contributed by atoms with Crippen molar-refractivity contribution in [3.05, 3.63) is 29.8 Å². The second kappa shape index (κ2) is 11.7. The normalized spacial score (nSPS) is 13.9. The van der Waals surface area contributed by atoms with Crippen LogP contribution in [0, 0.1) is 0 Å². The van der Waals surface area contributed by atoms with Gasteiger partial charge in [0.05, 0.1) is 13.7 Å². The summed E-state index contributed by atoms with van der Waals surface area (Å²) in [6.45, 7) is 15.3. The summed E-state index contributed by atoms with van der Waals surface area (Å²) in [4.78, 5) is 37.0. The molecule has 0 heterocycles. The van der Waals surface area contributed by atoms with Gasteiger partial charge in [-0.3, -0.25) is 4.79 Å². The molecule has 0 saturated heterocycles. The minimum absolute atomic E-state index is 0.0507. The van der Waals surface area contributed by atoms with Gasteiger partial charge in [0.1, 0.15) is 17.4 Å². The van der Waals surface area contributed by atoms with Crippen LogP contribution in [0.2, 0.25) is 18.1 Å². The number of hydrogen-bond acceptors (Lipinski definition) is 7. The molecule has 0 aromatic heterocycles. The Labute approximate surface area is 203 Å². The average Bonchev–Trinajstić information content (AvgIpc) is 2.69. The van der Waals surface area contributed by atoms with E-state index in [1.165, 1.54) is 0 Å². The maximum atomic E-state index is 12.9. The molecule has 192 valence electrons. The van der Waals surface area contributed by atoms with Crippen LogP contribution in [0.5, 0.6) is 5.75 Å². The number of esters is 1. The second-order valence-corrected chi connectivity index (χ2v) is 15.4. The highest BCUT2D eigenvalue weighted by atomic mass is 28.4. The summed E-state index contributed by atoms with van der Waals surface area (Å²) in [7, 11) is -0.846. The standard InChI is InChI=1S/C24H40N2O7Si/c1-23(2,3)32-22(30)26-18(20(28)25-19(15-27)21(29)31-7)14-16-10-12-17(13-11-16)33-34(8,9)24(4,5)6/h10-13,18-19,27H,14-15H2,1-9H3,(H,25,28)(H,26,30). The van der Waals surface area contributed by atoms with Gasteiger partial charge in [-0.1, -0.05) is 32.9 Å². The van der Waals surface area contributed by atoms with E-state index in [1.54, 1.807) is 20.8 Å². The first-order valence-corrected chi connectivity index (χ1v) is 14.2. The first-order chi connectivity index (χ1) is 15.5. The fourth-order valence-corrected chi connectivity index (χ4v) is 3.66. The van der Waals surface area contributed by atoms with Gasteiger partial charge in [-0.2, -0.15) is 0 Å². The smallest absolute Gasteiger partial charge is 0.408 e. The second-order valence-electron chi connectivity index (χ2n) is 10.7.